The van der Waals surface area contributed by atoms with Crippen LogP contribution in [-0.2, 0) is 4.79 Å². The fourth-order valence-electron chi connectivity index (χ4n) is 3.72. The molecule has 1 aliphatic rings. The minimum atomic E-state index is -0.0421. The van der Waals surface area contributed by atoms with Gasteiger partial charge in [-0.3, -0.25) is 9.59 Å². The van der Waals surface area contributed by atoms with E-state index in [4.69, 9.17) is 16.6 Å². The average molecular weight is 408 g/mol. The van der Waals surface area contributed by atoms with Crippen LogP contribution in [0.25, 0.3) is 22.2 Å². The van der Waals surface area contributed by atoms with E-state index in [0.717, 1.165) is 22.0 Å². The van der Waals surface area contributed by atoms with Gasteiger partial charge in [-0.25, -0.2) is 4.98 Å². The Hall–Kier alpha value is -2.92. The minimum absolute atomic E-state index is 0.0421. The van der Waals surface area contributed by atoms with E-state index in [9.17, 15) is 9.59 Å². The highest BCUT2D eigenvalue weighted by Crippen LogP contribution is 2.31. The number of carbonyl (C=O) groups excluding carboxylic acids is 2. The number of halogens is 1. The van der Waals surface area contributed by atoms with Gasteiger partial charge < -0.3 is 9.80 Å². The van der Waals surface area contributed by atoms with Crippen molar-refractivity contribution in [1.29, 1.82) is 0 Å². The van der Waals surface area contributed by atoms with E-state index < -0.39 is 0 Å². The molecular formula is C23H22ClN3O2. The Labute approximate surface area is 174 Å². The summed E-state index contributed by atoms with van der Waals surface area (Å²) in [4.78, 5) is 33.4. The molecular weight excluding hydrogens is 386 g/mol. The molecule has 0 aliphatic carbocycles. The molecule has 6 heteroatoms. The van der Waals surface area contributed by atoms with Crippen LogP contribution in [0.1, 0.15) is 22.8 Å². The number of rotatable bonds is 2. The largest absolute Gasteiger partial charge is 0.339 e. The smallest absolute Gasteiger partial charge is 0.254 e. The number of fused-ring (bicyclic) bond motifs is 1. The van der Waals surface area contributed by atoms with E-state index in [1.807, 2.05) is 60.4 Å². The van der Waals surface area contributed by atoms with Crippen molar-refractivity contribution < 1.29 is 9.59 Å². The van der Waals surface area contributed by atoms with Crippen LogP contribution in [0.15, 0.2) is 48.5 Å². The second-order valence-electron chi connectivity index (χ2n) is 7.35. The first-order chi connectivity index (χ1) is 13.9. The summed E-state index contributed by atoms with van der Waals surface area (Å²) in [5.41, 5.74) is 3.92. The lowest BCUT2D eigenvalue weighted by Crippen LogP contribution is -2.50. The van der Waals surface area contributed by atoms with Crippen molar-refractivity contribution in [3.05, 3.63) is 64.7 Å². The van der Waals surface area contributed by atoms with Gasteiger partial charge in [0.25, 0.3) is 5.91 Å². The third kappa shape index (κ3) is 3.83. The van der Waals surface area contributed by atoms with E-state index >= 15 is 0 Å². The highest BCUT2D eigenvalue weighted by atomic mass is 35.5. The Morgan fingerprint density at radius 3 is 2.34 bits per heavy atom. The summed E-state index contributed by atoms with van der Waals surface area (Å²) in [6.07, 6.45) is 0. The number of benzene rings is 2. The highest BCUT2D eigenvalue weighted by molar-refractivity contribution is 6.33. The van der Waals surface area contributed by atoms with E-state index in [0.29, 0.717) is 42.5 Å². The predicted octanol–water partition coefficient (Wildman–Crippen LogP) is 4.17. The van der Waals surface area contributed by atoms with Gasteiger partial charge in [-0.1, -0.05) is 41.4 Å². The minimum Gasteiger partial charge on any atom is -0.339 e. The topological polar surface area (TPSA) is 53.5 Å². The molecule has 5 nitrogen and oxygen atoms in total. The second-order valence-corrected chi connectivity index (χ2v) is 7.76. The number of aryl methyl sites for hydroxylation is 1. The zero-order valence-electron chi connectivity index (χ0n) is 16.5. The third-order valence-electron chi connectivity index (χ3n) is 5.36. The summed E-state index contributed by atoms with van der Waals surface area (Å²) in [5, 5.41) is 1.43. The maximum Gasteiger partial charge on any atom is 0.254 e. The van der Waals surface area contributed by atoms with Crippen molar-refractivity contribution in [3.63, 3.8) is 0 Å². The van der Waals surface area contributed by atoms with Crippen molar-refractivity contribution in [2.24, 2.45) is 0 Å². The molecule has 2 amide bonds. The molecule has 0 unspecified atom stereocenters. The predicted molar refractivity (Wildman–Crippen MR) is 115 cm³/mol. The lowest BCUT2D eigenvalue weighted by atomic mass is 10.0. The third-order valence-corrected chi connectivity index (χ3v) is 5.69. The van der Waals surface area contributed by atoms with Gasteiger partial charge in [-0.05, 0) is 31.2 Å². The van der Waals surface area contributed by atoms with Crippen LogP contribution in [0.4, 0.5) is 0 Å². The maximum atomic E-state index is 13.4. The van der Waals surface area contributed by atoms with Crippen LogP contribution in [0.3, 0.4) is 0 Å². The van der Waals surface area contributed by atoms with Crippen LogP contribution < -0.4 is 0 Å². The van der Waals surface area contributed by atoms with Gasteiger partial charge >= 0.3 is 0 Å². The van der Waals surface area contributed by atoms with Crippen LogP contribution in [0.5, 0.6) is 0 Å². The summed E-state index contributed by atoms with van der Waals surface area (Å²) >= 11 is 6.39. The average Bonchev–Trinajstić information content (AvgIpc) is 2.73. The van der Waals surface area contributed by atoms with Gasteiger partial charge in [0.1, 0.15) is 0 Å². The molecule has 0 radical (unpaired) electrons. The maximum absolute atomic E-state index is 13.4. The van der Waals surface area contributed by atoms with Crippen LogP contribution in [0, 0.1) is 6.92 Å². The van der Waals surface area contributed by atoms with Gasteiger partial charge in [-0.15, -0.1) is 0 Å². The summed E-state index contributed by atoms with van der Waals surface area (Å²) in [5.74, 6) is 0.00240. The lowest BCUT2D eigenvalue weighted by Gasteiger charge is -2.34. The molecule has 148 valence electrons. The number of aromatic nitrogens is 1. The molecule has 4 rings (SSSR count). The standard InChI is InChI=1S/C23H22ClN3O2/c1-15-7-8-21-18(13-15)19(14-22(25-21)17-5-3-4-6-20(17)24)23(29)27-11-9-26(10-12-27)16(2)28/h3-8,13-14H,9-12H2,1-2H3. The Balaban J connectivity index is 1.78. The summed E-state index contributed by atoms with van der Waals surface area (Å²) in [6, 6.07) is 15.3. The molecule has 0 N–H and O–H groups in total. The van der Waals surface area contributed by atoms with Gasteiger partial charge in [0, 0.05) is 49.1 Å². The van der Waals surface area contributed by atoms with Gasteiger partial charge in [0.05, 0.1) is 16.8 Å². The van der Waals surface area contributed by atoms with E-state index in [1.165, 1.54) is 0 Å². The van der Waals surface area contributed by atoms with E-state index in [1.54, 1.807) is 11.8 Å². The Kier molecular flexibility index (Phi) is 5.24. The van der Waals surface area contributed by atoms with Crippen molar-refractivity contribution in [3.8, 4) is 11.3 Å². The Bertz CT molecular complexity index is 1100. The number of piperazine rings is 1. The zero-order valence-corrected chi connectivity index (χ0v) is 17.2. The number of pyridine rings is 1. The highest BCUT2D eigenvalue weighted by Gasteiger charge is 2.25. The number of hydrogen-bond acceptors (Lipinski definition) is 3. The molecule has 3 aromatic rings. The fraction of sp³-hybridized carbons (Fsp3) is 0.261. The molecule has 1 fully saturated rings. The normalized spacial score (nSPS) is 14.3. The molecule has 29 heavy (non-hydrogen) atoms. The molecule has 1 aromatic heterocycles. The van der Waals surface area contributed by atoms with Gasteiger partial charge in [0.2, 0.25) is 5.91 Å². The van der Waals surface area contributed by atoms with E-state index in [-0.39, 0.29) is 11.8 Å². The number of amides is 2. The van der Waals surface area contributed by atoms with Crippen LogP contribution >= 0.6 is 11.6 Å². The van der Waals surface area contributed by atoms with Crippen molar-refractivity contribution in [2.75, 3.05) is 26.2 Å². The van der Waals surface area contributed by atoms with Crippen molar-refractivity contribution in [2.45, 2.75) is 13.8 Å². The molecule has 0 bridgehead atoms. The monoisotopic (exact) mass is 407 g/mol. The molecule has 0 atom stereocenters. The molecule has 2 aromatic carbocycles. The first-order valence-electron chi connectivity index (χ1n) is 9.65. The lowest BCUT2D eigenvalue weighted by molar-refractivity contribution is -0.130. The Morgan fingerprint density at radius 2 is 1.66 bits per heavy atom. The summed E-state index contributed by atoms with van der Waals surface area (Å²) < 4.78 is 0. The summed E-state index contributed by atoms with van der Waals surface area (Å²) in [6.45, 7) is 5.72. The molecule has 0 spiro atoms. The first-order valence-corrected chi connectivity index (χ1v) is 10.0. The van der Waals surface area contributed by atoms with E-state index in [2.05, 4.69) is 0 Å². The fourth-order valence-corrected chi connectivity index (χ4v) is 3.95. The van der Waals surface area contributed by atoms with Crippen LogP contribution in [-0.4, -0.2) is 52.8 Å². The van der Waals surface area contributed by atoms with Crippen molar-refractivity contribution in [1.82, 2.24) is 14.8 Å². The molecule has 2 heterocycles. The Morgan fingerprint density at radius 1 is 0.966 bits per heavy atom. The SMILES string of the molecule is CC(=O)N1CCN(C(=O)c2cc(-c3ccccc3Cl)nc3ccc(C)cc23)CC1. The number of hydrogen-bond donors (Lipinski definition) is 0. The van der Waals surface area contributed by atoms with Crippen LogP contribution in [0.2, 0.25) is 5.02 Å². The van der Waals surface area contributed by atoms with Crippen molar-refractivity contribution >= 4 is 34.3 Å². The van der Waals surface area contributed by atoms with Gasteiger partial charge in [0.15, 0.2) is 0 Å². The quantitative estimate of drug-likeness (QED) is 0.640. The zero-order chi connectivity index (χ0) is 20.5. The first kappa shape index (κ1) is 19.4. The summed E-state index contributed by atoms with van der Waals surface area (Å²) in [7, 11) is 0. The number of nitrogens with zero attached hydrogens (tertiary/aromatic N) is 3. The number of carbonyl (C=O) groups is 2. The molecule has 1 saturated heterocycles. The molecule has 1 aliphatic heterocycles. The molecule has 0 saturated carbocycles. The van der Waals surface area contributed by atoms with Gasteiger partial charge in [-0.2, -0.15) is 0 Å². The second kappa shape index (κ2) is 7.84.